The third kappa shape index (κ3) is 6.19. The lowest BCUT2D eigenvalue weighted by Crippen LogP contribution is -2.74. The molecule has 0 radical (unpaired) electrons. The number of alkyl halides is 1. The molecule has 196 valence electrons. The first-order valence-corrected chi connectivity index (χ1v) is 12.8. The van der Waals surface area contributed by atoms with Gasteiger partial charge in [-0.15, -0.1) is 23.4 Å². The number of rotatable bonds is 9. The lowest BCUT2D eigenvalue weighted by atomic mass is 10.0. The number of fused-ring (bicyclic) bond motifs is 1. The smallest absolute Gasteiger partial charge is 0.347 e. The average molecular weight is 582 g/mol. The maximum atomic E-state index is 13.1. The van der Waals surface area contributed by atoms with E-state index in [-0.39, 0.29) is 27.5 Å². The van der Waals surface area contributed by atoms with Crippen LogP contribution in [-0.2, 0) is 33.5 Å². The molecule has 2 aliphatic rings. The predicted octanol–water partition coefficient (Wildman–Crippen LogP) is 0.889. The molecule has 2 aliphatic heterocycles. The zero-order chi connectivity index (χ0) is 26.8. The van der Waals surface area contributed by atoms with Crippen LogP contribution in [0.5, 0.6) is 0 Å². The van der Waals surface area contributed by atoms with E-state index in [0.29, 0.717) is 6.41 Å². The third-order valence-electron chi connectivity index (χ3n) is 4.68. The minimum Gasteiger partial charge on any atom is -0.480 e. The van der Waals surface area contributed by atoms with Gasteiger partial charge in [0, 0.05) is 5.75 Å². The van der Waals surface area contributed by atoms with E-state index >= 15 is 0 Å². The van der Waals surface area contributed by atoms with Crippen molar-refractivity contribution in [3.05, 3.63) is 10.0 Å². The van der Waals surface area contributed by atoms with Crippen LogP contribution in [0.25, 0.3) is 0 Å². The molecule has 2 fully saturated rings. The van der Waals surface area contributed by atoms with Crippen molar-refractivity contribution < 1.29 is 38.7 Å². The Morgan fingerprint density at radius 1 is 1.39 bits per heavy atom. The molecule has 3 amide bonds. The van der Waals surface area contributed by atoms with Crippen LogP contribution >= 0.6 is 46.3 Å². The van der Waals surface area contributed by atoms with Crippen LogP contribution < -0.4 is 10.6 Å². The summed E-state index contributed by atoms with van der Waals surface area (Å²) in [5.74, 6) is -3.41. The highest BCUT2D eigenvalue weighted by Gasteiger charge is 2.57. The largest absolute Gasteiger partial charge is 0.480 e. The maximum Gasteiger partial charge on any atom is 0.347 e. The topological polar surface area (TPSA) is 177 Å². The number of aliphatic carboxylic acids is 1. The molecule has 3 N–H and O–H groups in total. The number of carbonyl (C=O) groups excluding carboxylic acids is 4. The van der Waals surface area contributed by atoms with Gasteiger partial charge in [-0.3, -0.25) is 19.2 Å². The fourth-order valence-electron chi connectivity index (χ4n) is 3.16. The molecule has 3 atom stereocenters. The van der Waals surface area contributed by atoms with Gasteiger partial charge in [0.15, 0.2) is 15.7 Å². The number of anilines is 1. The van der Waals surface area contributed by atoms with E-state index in [1.165, 1.54) is 4.90 Å². The second kappa shape index (κ2) is 10.8. The highest BCUT2D eigenvalue weighted by atomic mass is 35.5. The number of carboxylic acid groups (broad SMARTS) is 1. The average Bonchev–Trinajstić information content (AvgIpc) is 3.13. The number of β-lactam (4-membered cyclic amide) rings is 1. The fourth-order valence-corrected chi connectivity index (χ4v) is 5.86. The molecule has 2 unspecified atom stereocenters. The molecule has 1 aromatic rings. The normalized spacial score (nSPS) is 23.8. The number of hydrogen-bond acceptors (Lipinski definition) is 11. The van der Waals surface area contributed by atoms with E-state index < -0.39 is 58.0 Å². The summed E-state index contributed by atoms with van der Waals surface area (Å²) in [4.78, 5) is 68.5. The summed E-state index contributed by atoms with van der Waals surface area (Å²) in [7, 11) is 0. The van der Waals surface area contributed by atoms with E-state index in [1.54, 1.807) is 20.8 Å². The standard InChI is InChI=1S/C19H21Cl2N5O8S2/c1-18(2,3)34-8(28)4-33-25-10(9-12(20)36-17(24-9)22-7-27)13(29)23-11-14(30)26-5-19(21,16(31)32)6-35-15(11)26/h7,11,15H,4-6H2,1-3H3,(H,23,29)(H,31,32)(H,22,24,27)/t11?,15-,19?/m1/s1. The van der Waals surface area contributed by atoms with Gasteiger partial charge in [0.25, 0.3) is 5.91 Å². The Balaban J connectivity index is 1.77. The van der Waals surface area contributed by atoms with Crippen molar-refractivity contribution in [2.75, 3.05) is 24.2 Å². The maximum absolute atomic E-state index is 13.1. The number of halogens is 2. The molecule has 3 rings (SSSR count). The van der Waals surface area contributed by atoms with E-state index in [9.17, 15) is 29.1 Å². The number of nitrogens with zero attached hydrogens (tertiary/aromatic N) is 3. The SMILES string of the molecule is CC(C)(C)OC(=O)CON=C(C(=O)NC1C(=O)N2CC(Cl)(C(=O)O)CS[C@H]12)c1nc(NC=O)sc1Cl. The Morgan fingerprint density at radius 3 is 2.69 bits per heavy atom. The van der Waals surface area contributed by atoms with E-state index in [4.69, 9.17) is 32.8 Å². The van der Waals surface area contributed by atoms with Crippen molar-refractivity contribution in [1.29, 1.82) is 0 Å². The van der Waals surface area contributed by atoms with Crippen LogP contribution in [0.2, 0.25) is 4.34 Å². The Bertz CT molecular complexity index is 1120. The molecular weight excluding hydrogens is 561 g/mol. The quantitative estimate of drug-likeness (QED) is 0.0947. The molecule has 0 aromatic carbocycles. The second-order valence-corrected chi connectivity index (χ2v) is 12.0. The minimum atomic E-state index is -1.62. The van der Waals surface area contributed by atoms with Crippen molar-refractivity contribution in [1.82, 2.24) is 15.2 Å². The molecule has 0 bridgehead atoms. The molecule has 1 aromatic heterocycles. The van der Waals surface area contributed by atoms with E-state index in [0.717, 1.165) is 23.1 Å². The Kier molecular flexibility index (Phi) is 8.37. The van der Waals surface area contributed by atoms with Gasteiger partial charge in [-0.05, 0) is 20.8 Å². The lowest BCUT2D eigenvalue weighted by molar-refractivity contribution is -0.160. The summed E-state index contributed by atoms with van der Waals surface area (Å²) in [5, 5.41) is 17.4. The number of carboxylic acids is 1. The van der Waals surface area contributed by atoms with Crippen LogP contribution in [-0.4, -0.2) is 91.7 Å². The van der Waals surface area contributed by atoms with Crippen molar-refractivity contribution in [2.45, 2.75) is 42.7 Å². The number of hydrogen-bond donors (Lipinski definition) is 3. The number of amides is 3. The molecule has 17 heteroatoms. The number of ether oxygens (including phenoxy) is 1. The van der Waals surface area contributed by atoms with Crippen LogP contribution in [0.3, 0.4) is 0 Å². The van der Waals surface area contributed by atoms with Gasteiger partial charge in [-0.1, -0.05) is 28.1 Å². The van der Waals surface area contributed by atoms with Gasteiger partial charge in [0.05, 0.1) is 6.54 Å². The van der Waals surface area contributed by atoms with Crippen LogP contribution in [0, 0.1) is 0 Å². The van der Waals surface area contributed by atoms with Crippen LogP contribution in [0.4, 0.5) is 5.13 Å². The molecule has 3 heterocycles. The molecule has 0 aliphatic carbocycles. The van der Waals surface area contributed by atoms with Crippen LogP contribution in [0.1, 0.15) is 26.5 Å². The molecule has 2 saturated heterocycles. The molecular formula is C19H21Cl2N5O8S2. The van der Waals surface area contributed by atoms with Gasteiger partial charge < -0.3 is 30.2 Å². The number of carbonyl (C=O) groups is 5. The van der Waals surface area contributed by atoms with Crippen molar-refractivity contribution in [2.24, 2.45) is 5.16 Å². The zero-order valence-electron chi connectivity index (χ0n) is 19.1. The van der Waals surface area contributed by atoms with Crippen molar-refractivity contribution >= 4 is 87.3 Å². The van der Waals surface area contributed by atoms with Gasteiger partial charge in [0.2, 0.25) is 18.9 Å². The van der Waals surface area contributed by atoms with Gasteiger partial charge in [0.1, 0.15) is 27.0 Å². The highest BCUT2D eigenvalue weighted by Crippen LogP contribution is 2.41. The zero-order valence-corrected chi connectivity index (χ0v) is 22.2. The summed E-state index contributed by atoms with van der Waals surface area (Å²) in [6.07, 6.45) is 0.366. The Hall–Kier alpha value is -2.62. The van der Waals surface area contributed by atoms with Gasteiger partial charge in [-0.25, -0.2) is 9.78 Å². The van der Waals surface area contributed by atoms with Crippen molar-refractivity contribution in [3.8, 4) is 0 Å². The van der Waals surface area contributed by atoms with Gasteiger partial charge in [-0.2, -0.15) is 0 Å². The first-order chi connectivity index (χ1) is 16.8. The van der Waals surface area contributed by atoms with Gasteiger partial charge >= 0.3 is 11.9 Å². The first kappa shape index (κ1) is 28.0. The van der Waals surface area contributed by atoms with E-state index in [2.05, 4.69) is 20.8 Å². The summed E-state index contributed by atoms with van der Waals surface area (Å²) in [6, 6.07) is -1.00. The number of oxime groups is 1. The molecule has 0 saturated carbocycles. The Labute approximate surface area is 222 Å². The van der Waals surface area contributed by atoms with Crippen molar-refractivity contribution in [3.63, 3.8) is 0 Å². The molecule has 0 spiro atoms. The predicted molar refractivity (Wildman–Crippen MR) is 131 cm³/mol. The Morgan fingerprint density at radius 2 is 2.08 bits per heavy atom. The number of aromatic nitrogens is 1. The fraction of sp³-hybridized carbons (Fsp3) is 0.526. The summed E-state index contributed by atoms with van der Waals surface area (Å²) in [5.41, 5.74) is -1.38. The monoisotopic (exact) mass is 581 g/mol. The molecule has 36 heavy (non-hydrogen) atoms. The summed E-state index contributed by atoms with van der Waals surface area (Å²) < 4.78 is 5.10. The number of nitrogens with one attached hydrogen (secondary N) is 2. The second-order valence-electron chi connectivity index (χ2n) is 8.59. The van der Waals surface area contributed by atoms with Crippen LogP contribution in [0.15, 0.2) is 5.16 Å². The lowest BCUT2D eigenvalue weighted by Gasteiger charge is -2.52. The number of thiazole rings is 1. The highest BCUT2D eigenvalue weighted by molar-refractivity contribution is 8.00. The molecule has 13 nitrogen and oxygen atoms in total. The number of esters is 1. The minimum absolute atomic E-state index is 0.0172. The first-order valence-electron chi connectivity index (χ1n) is 10.2. The third-order valence-corrected chi connectivity index (χ3v) is 7.97. The summed E-state index contributed by atoms with van der Waals surface area (Å²) in [6.45, 7) is 4.14. The summed E-state index contributed by atoms with van der Waals surface area (Å²) >= 11 is 14.2. The van der Waals surface area contributed by atoms with E-state index in [1.807, 2.05) is 0 Å². The number of thioether (sulfide) groups is 1.